The second-order valence-electron chi connectivity index (χ2n) is 5.55. The van der Waals surface area contributed by atoms with Gasteiger partial charge in [-0.15, -0.1) is 11.3 Å². The number of benzene rings is 1. The molecule has 0 saturated heterocycles. The topological polar surface area (TPSA) is 0 Å². The summed E-state index contributed by atoms with van der Waals surface area (Å²) in [6.07, 6.45) is 8.06. The summed E-state index contributed by atoms with van der Waals surface area (Å²) >= 11 is 1.97. The number of rotatable bonds is 7. The molecule has 0 bridgehead atoms. The summed E-state index contributed by atoms with van der Waals surface area (Å²) in [5, 5.41) is 1.52. The van der Waals surface area contributed by atoms with Gasteiger partial charge in [-0.3, -0.25) is 0 Å². The number of hydrogen-bond acceptors (Lipinski definition) is 1. The summed E-state index contributed by atoms with van der Waals surface area (Å²) in [6, 6.07) is 8.94. The van der Waals surface area contributed by atoms with Crippen LogP contribution in [0.5, 0.6) is 0 Å². The predicted octanol–water partition coefficient (Wildman–Crippen LogP) is 5.51. The van der Waals surface area contributed by atoms with Gasteiger partial charge in [0.25, 0.3) is 0 Å². The summed E-state index contributed by atoms with van der Waals surface area (Å²) in [6.45, 7) is 7.69. The molecule has 2 aromatic rings. The lowest BCUT2D eigenvalue weighted by molar-refractivity contribution is 0.845. The zero-order valence-electron chi connectivity index (χ0n) is 12.5. The van der Waals surface area contributed by atoms with Crippen molar-refractivity contribution in [1.82, 2.24) is 0 Å². The molecule has 102 valence electrons. The van der Waals surface area contributed by atoms with Gasteiger partial charge >= 0.3 is 0 Å². The fourth-order valence-corrected chi connectivity index (χ4v) is 4.18. The highest BCUT2D eigenvalue weighted by Gasteiger charge is 2.21. The number of aryl methyl sites for hydroxylation is 1. The van der Waals surface area contributed by atoms with Gasteiger partial charge in [-0.05, 0) is 23.3 Å². The monoisotopic (exact) mass is 272 g/mol. The second kappa shape index (κ2) is 7.14. The van der Waals surface area contributed by atoms with Crippen molar-refractivity contribution in [3.8, 4) is 0 Å². The fraction of sp³-hybridized carbons (Fsp3) is 0.529. The summed E-state index contributed by atoms with van der Waals surface area (Å²) in [7, 11) is 0. The first-order valence-electron chi connectivity index (χ1n) is 7.75. The Labute approximate surface area is 122 Å². The summed E-state index contributed by atoms with van der Waals surface area (Å²) in [4.78, 5) is 1.54. The minimum atomic E-state index is 0.774. The highest BCUT2D eigenvalue weighted by molar-refractivity contribution is 7.20. The van der Waals surface area contributed by atoms with Gasteiger partial charge in [0.2, 0.25) is 0 Å². The molecule has 1 heterocycles. The van der Waals surface area contributed by atoms with E-state index in [0.717, 1.165) is 6.71 Å². The molecule has 0 spiro atoms. The van der Waals surface area contributed by atoms with Gasteiger partial charge in [0, 0.05) is 4.70 Å². The van der Waals surface area contributed by atoms with Crippen molar-refractivity contribution in [3.05, 3.63) is 29.1 Å². The number of hydrogen-bond donors (Lipinski definition) is 0. The van der Waals surface area contributed by atoms with Crippen LogP contribution in [0.15, 0.2) is 24.3 Å². The molecule has 0 nitrogen and oxygen atoms in total. The summed E-state index contributed by atoms with van der Waals surface area (Å²) in [5.41, 5.74) is 1.66. The van der Waals surface area contributed by atoms with Gasteiger partial charge < -0.3 is 0 Å². The van der Waals surface area contributed by atoms with Crippen molar-refractivity contribution < 1.29 is 0 Å². The van der Waals surface area contributed by atoms with Crippen molar-refractivity contribution in [2.75, 3.05) is 0 Å². The molecule has 0 aliphatic rings. The van der Waals surface area contributed by atoms with E-state index in [1.54, 1.807) is 10.3 Å². The quantitative estimate of drug-likeness (QED) is 0.583. The van der Waals surface area contributed by atoms with Gasteiger partial charge in [0.05, 0.1) is 0 Å². The van der Waals surface area contributed by atoms with Crippen molar-refractivity contribution in [3.63, 3.8) is 0 Å². The van der Waals surface area contributed by atoms with Crippen LogP contribution in [0.2, 0.25) is 12.6 Å². The Bertz CT molecular complexity index is 507. The molecule has 0 aliphatic carbocycles. The average Bonchev–Trinajstić information content (AvgIpc) is 2.75. The highest BCUT2D eigenvalue weighted by Crippen LogP contribution is 2.26. The molecule has 0 saturated carbocycles. The van der Waals surface area contributed by atoms with E-state index in [0.29, 0.717) is 0 Å². The molecule has 0 amide bonds. The molecule has 0 atom stereocenters. The first-order chi connectivity index (χ1) is 9.27. The first-order valence-corrected chi connectivity index (χ1v) is 8.57. The lowest BCUT2D eigenvalue weighted by Crippen LogP contribution is -2.30. The van der Waals surface area contributed by atoms with Gasteiger partial charge in [-0.2, -0.15) is 0 Å². The van der Waals surface area contributed by atoms with Crippen LogP contribution in [0.3, 0.4) is 0 Å². The minimum absolute atomic E-state index is 0.774. The van der Waals surface area contributed by atoms with E-state index in [9.17, 15) is 0 Å². The van der Waals surface area contributed by atoms with Crippen molar-refractivity contribution in [2.45, 2.75) is 59.1 Å². The van der Waals surface area contributed by atoms with E-state index in [1.165, 1.54) is 48.4 Å². The van der Waals surface area contributed by atoms with Gasteiger partial charge in [-0.25, -0.2) is 0 Å². The van der Waals surface area contributed by atoms with E-state index < -0.39 is 0 Å². The Balaban J connectivity index is 2.33. The van der Waals surface area contributed by atoms with Gasteiger partial charge in [-0.1, -0.05) is 75.8 Å². The molecule has 1 aromatic carbocycles. The van der Waals surface area contributed by atoms with Crippen LogP contribution in [0.1, 0.15) is 44.4 Å². The summed E-state index contributed by atoms with van der Waals surface area (Å²) < 4.78 is 1.47. The maximum atomic E-state index is 2.32. The van der Waals surface area contributed by atoms with Crippen LogP contribution >= 0.6 is 11.3 Å². The highest BCUT2D eigenvalue weighted by atomic mass is 32.1. The minimum Gasteiger partial charge on any atom is -0.141 e. The Kier molecular flexibility index (Phi) is 5.51. The number of fused-ring (bicyclic) bond motifs is 1. The van der Waals surface area contributed by atoms with Crippen molar-refractivity contribution in [2.24, 2.45) is 0 Å². The second-order valence-corrected chi connectivity index (χ2v) is 6.81. The molecule has 0 N–H and O–H groups in total. The van der Waals surface area contributed by atoms with Crippen molar-refractivity contribution in [1.29, 1.82) is 0 Å². The standard InChI is InChI=1S/C17H25BS/c1-4-6-12-18(13-7-5-2)17-14(3)19-16-11-9-8-10-15(16)17/h8-11H,4-7,12-13H2,1-3H3. The van der Waals surface area contributed by atoms with Crippen LogP contribution in [0.4, 0.5) is 0 Å². The molecule has 0 radical (unpaired) electrons. The molecule has 0 unspecified atom stereocenters. The molecule has 0 aliphatic heterocycles. The Morgan fingerprint density at radius 2 is 1.63 bits per heavy atom. The summed E-state index contributed by atoms with van der Waals surface area (Å²) in [5.74, 6) is 0. The van der Waals surface area contributed by atoms with Crippen molar-refractivity contribution >= 4 is 33.6 Å². The largest absolute Gasteiger partial charge is 0.178 e. The zero-order chi connectivity index (χ0) is 13.7. The van der Waals surface area contributed by atoms with E-state index in [2.05, 4.69) is 45.0 Å². The third-order valence-electron chi connectivity index (χ3n) is 4.04. The molecule has 2 rings (SSSR count). The third-order valence-corrected chi connectivity index (χ3v) is 5.14. The Morgan fingerprint density at radius 1 is 1.00 bits per heavy atom. The van der Waals surface area contributed by atoms with Crippen LogP contribution in [-0.4, -0.2) is 6.71 Å². The maximum absolute atomic E-state index is 2.32. The molecule has 1 aromatic heterocycles. The Hall–Kier alpha value is -0.755. The Morgan fingerprint density at radius 3 is 2.26 bits per heavy atom. The van der Waals surface area contributed by atoms with E-state index in [4.69, 9.17) is 0 Å². The smallest absolute Gasteiger partial charge is 0.141 e. The lowest BCUT2D eigenvalue weighted by atomic mass is 9.39. The van der Waals surface area contributed by atoms with Crippen LogP contribution in [0, 0.1) is 6.92 Å². The number of thiophene rings is 1. The van der Waals surface area contributed by atoms with E-state index >= 15 is 0 Å². The van der Waals surface area contributed by atoms with Gasteiger partial charge in [0.15, 0.2) is 6.71 Å². The van der Waals surface area contributed by atoms with Crippen LogP contribution in [0.25, 0.3) is 10.1 Å². The molecular weight excluding hydrogens is 247 g/mol. The molecule has 0 fully saturated rings. The normalized spacial score (nSPS) is 11.1. The molecule has 19 heavy (non-hydrogen) atoms. The van der Waals surface area contributed by atoms with Gasteiger partial charge in [0.1, 0.15) is 0 Å². The molecular formula is C17H25BS. The number of unbranched alkanes of at least 4 members (excludes halogenated alkanes) is 2. The lowest BCUT2D eigenvalue weighted by Gasteiger charge is -2.14. The zero-order valence-corrected chi connectivity index (χ0v) is 13.4. The average molecular weight is 272 g/mol. The third kappa shape index (κ3) is 3.42. The first kappa shape index (κ1) is 14.6. The maximum Gasteiger partial charge on any atom is 0.178 e. The predicted molar refractivity (Wildman–Crippen MR) is 91.4 cm³/mol. The molecule has 2 heteroatoms. The van der Waals surface area contributed by atoms with E-state index in [-0.39, 0.29) is 0 Å². The van der Waals surface area contributed by atoms with E-state index in [1.807, 2.05) is 11.3 Å². The fourth-order valence-electron chi connectivity index (χ4n) is 3.03. The van der Waals surface area contributed by atoms with Crippen LogP contribution < -0.4 is 5.46 Å². The van der Waals surface area contributed by atoms with Crippen LogP contribution in [-0.2, 0) is 0 Å². The SMILES string of the molecule is CCCCB(CCCC)c1c(C)sc2ccccc12.